The minimum Gasteiger partial charge on any atom is -0.370 e. The van der Waals surface area contributed by atoms with Crippen molar-refractivity contribution < 1.29 is 12.4 Å². The van der Waals surface area contributed by atoms with Crippen molar-refractivity contribution in [3.63, 3.8) is 0 Å². The quantitative estimate of drug-likeness (QED) is 0.456. The molecule has 3 nitrogen and oxygen atoms in total. The maximum Gasteiger partial charge on any atom is 0.308 e. The van der Waals surface area contributed by atoms with Crippen LogP contribution in [0, 0.1) is 0 Å². The summed E-state index contributed by atoms with van der Waals surface area (Å²) in [5.74, 6) is 0. The fraction of sp³-hybridized carbons (Fsp3) is 1.00. The van der Waals surface area contributed by atoms with Gasteiger partial charge in [0.25, 0.3) is 0 Å². The molecule has 0 saturated heterocycles. The lowest BCUT2D eigenvalue weighted by Gasteiger charge is -2.31. The van der Waals surface area contributed by atoms with Crippen LogP contribution in [0.2, 0.25) is 0 Å². The van der Waals surface area contributed by atoms with E-state index in [1.807, 2.05) is 0 Å². The summed E-state index contributed by atoms with van der Waals surface area (Å²) in [4.78, 5) is 0. The molecule has 0 aromatic heterocycles. The Morgan fingerprint density at radius 1 is 1.25 bits per heavy atom. The van der Waals surface area contributed by atoms with Crippen molar-refractivity contribution in [3.8, 4) is 0 Å². The molecule has 4 radical (unpaired) electrons. The highest BCUT2D eigenvalue weighted by molar-refractivity contribution is 8.11. The summed E-state index contributed by atoms with van der Waals surface area (Å²) in [5, 5.41) is 0. The Bertz CT molecular complexity index is 128. The monoisotopic (exact) mass is 132 g/mol. The van der Waals surface area contributed by atoms with Crippen LogP contribution in [0.5, 0.6) is 0 Å². The van der Waals surface area contributed by atoms with E-state index in [-0.39, 0.29) is 0 Å². The first-order valence-corrected chi connectivity index (χ1v) is 4.42. The highest BCUT2D eigenvalue weighted by Gasteiger charge is 2.19. The van der Waals surface area contributed by atoms with Gasteiger partial charge in [-0.1, -0.05) is 0 Å². The van der Waals surface area contributed by atoms with Crippen LogP contribution in [0.3, 0.4) is 0 Å². The molecule has 0 bridgehead atoms. The van der Waals surface area contributed by atoms with Gasteiger partial charge in [0.1, 0.15) is 0 Å². The van der Waals surface area contributed by atoms with Gasteiger partial charge >= 0.3 is 16.1 Å². The van der Waals surface area contributed by atoms with E-state index in [9.17, 15) is 4.21 Å². The summed E-state index contributed by atoms with van der Waals surface area (Å²) >= 11 is 0. The van der Waals surface area contributed by atoms with Gasteiger partial charge in [0.15, 0.2) is 0 Å². The molecule has 0 atom stereocenters. The van der Waals surface area contributed by atoms with Crippen molar-refractivity contribution in [2.75, 3.05) is 12.5 Å². The van der Waals surface area contributed by atoms with Gasteiger partial charge in [0, 0.05) is 12.5 Å². The molecule has 0 unspecified atom stereocenters. The fourth-order valence-electron chi connectivity index (χ4n) is 0.0227. The van der Waals surface area contributed by atoms with Gasteiger partial charge in [0.2, 0.25) is 0 Å². The second-order valence-corrected chi connectivity index (χ2v) is 5.41. The molecule has 0 rings (SSSR count). The predicted octanol–water partition coefficient (Wildman–Crippen LogP) is -0.904. The van der Waals surface area contributed by atoms with Crippen LogP contribution in [0.15, 0.2) is 0 Å². The number of hydrogen-bond acceptors (Lipinski definition) is 3. The molecule has 0 heterocycles. The normalized spacial score (nSPS) is 17.0. The fourth-order valence-corrected chi connectivity index (χ4v) is 0.0680. The van der Waals surface area contributed by atoms with E-state index in [2.05, 4.69) is 24.3 Å². The van der Waals surface area contributed by atoms with Crippen LogP contribution in [0.1, 0.15) is 0 Å². The molecule has 6 heteroatoms. The van der Waals surface area contributed by atoms with E-state index in [1.54, 1.807) is 0 Å². The average Bonchev–Trinajstić information content (AvgIpc) is 1.68. The molecule has 0 spiro atoms. The summed E-state index contributed by atoms with van der Waals surface area (Å²) in [5.41, 5.74) is 0. The minimum atomic E-state index is -3.58. The molecule has 0 N–H and O–H groups in total. The summed E-state index contributed by atoms with van der Waals surface area (Å²) < 4.78 is 18.8. The van der Waals surface area contributed by atoms with Crippen LogP contribution >= 0.6 is 0 Å². The van der Waals surface area contributed by atoms with E-state index >= 15 is 0 Å². The molecule has 44 valence electrons. The molecule has 0 amide bonds. The first-order valence-electron chi connectivity index (χ1n) is 1.79. The van der Waals surface area contributed by atoms with E-state index in [4.69, 9.17) is 0 Å². The van der Waals surface area contributed by atoms with Gasteiger partial charge in [-0.25, -0.2) is 4.21 Å². The van der Waals surface area contributed by atoms with Crippen molar-refractivity contribution in [2.24, 2.45) is 0 Å². The standard InChI is InChI=1S/C2H6B2O3S/c1-8(2,5,6-3)7-4/h1-2H3. The highest BCUT2D eigenvalue weighted by Crippen LogP contribution is 2.15. The summed E-state index contributed by atoms with van der Waals surface area (Å²) in [6, 6.07) is 0. The van der Waals surface area contributed by atoms with Gasteiger partial charge in [-0.3, -0.25) is 0 Å². The predicted molar refractivity (Wildman–Crippen MR) is 33.7 cm³/mol. The van der Waals surface area contributed by atoms with Crippen LogP contribution in [0.4, 0.5) is 0 Å². The smallest absolute Gasteiger partial charge is 0.308 e. The lowest BCUT2D eigenvalue weighted by atomic mass is 10.6. The Kier molecular flexibility index (Phi) is 1.91. The lowest BCUT2D eigenvalue weighted by Crippen LogP contribution is -2.33. The largest absolute Gasteiger partial charge is 0.370 e. The van der Waals surface area contributed by atoms with E-state index < -0.39 is 9.63 Å². The molecule has 0 aromatic carbocycles. The lowest BCUT2D eigenvalue weighted by molar-refractivity contribution is 0.454. The van der Waals surface area contributed by atoms with Crippen molar-refractivity contribution in [2.45, 2.75) is 0 Å². The van der Waals surface area contributed by atoms with Crippen LogP contribution < -0.4 is 0 Å². The highest BCUT2D eigenvalue weighted by atomic mass is 32.3. The third-order valence-corrected chi connectivity index (χ3v) is 1.63. The second kappa shape index (κ2) is 1.86. The Labute approximate surface area is 51.4 Å². The Hall–Kier alpha value is 0.200. The van der Waals surface area contributed by atoms with Crippen LogP contribution in [-0.4, -0.2) is 32.8 Å². The Morgan fingerprint density at radius 2 is 1.50 bits per heavy atom. The first kappa shape index (κ1) is 8.20. The molecule has 8 heavy (non-hydrogen) atoms. The first-order chi connectivity index (χ1) is 3.39. The third kappa shape index (κ3) is 2.49. The zero-order valence-electron chi connectivity index (χ0n) is 4.79. The molecule has 0 aliphatic carbocycles. The maximum absolute atomic E-state index is 10.8. The molecular weight excluding hydrogens is 126 g/mol. The third-order valence-electron chi connectivity index (χ3n) is 0.542. The summed E-state index contributed by atoms with van der Waals surface area (Å²) in [6.45, 7) is 0. The topological polar surface area (TPSA) is 35.5 Å². The Balaban J connectivity index is 4.25. The number of rotatable bonds is 2. The van der Waals surface area contributed by atoms with Crippen molar-refractivity contribution in [1.82, 2.24) is 0 Å². The molecule has 0 saturated carbocycles. The SMILES string of the molecule is [B]OS(C)(C)(=O)O[B]. The molecule has 0 aromatic rings. The molecule has 0 aliphatic heterocycles. The second-order valence-electron chi connectivity index (χ2n) is 1.80. The zero-order chi connectivity index (χ0) is 6.86. The maximum atomic E-state index is 10.8. The van der Waals surface area contributed by atoms with Crippen molar-refractivity contribution >= 4 is 25.7 Å². The average molecular weight is 132 g/mol. The van der Waals surface area contributed by atoms with E-state index in [0.29, 0.717) is 0 Å². The number of hydrogen-bond donors (Lipinski definition) is 0. The van der Waals surface area contributed by atoms with Crippen LogP contribution in [-0.2, 0) is 17.8 Å². The van der Waals surface area contributed by atoms with Gasteiger partial charge in [0.05, 0.1) is 9.63 Å². The molecule has 0 fully saturated rings. The van der Waals surface area contributed by atoms with E-state index in [0.717, 1.165) is 0 Å². The minimum absolute atomic E-state index is 1.18. The van der Waals surface area contributed by atoms with Gasteiger partial charge in [-0.2, -0.15) is 0 Å². The zero-order valence-corrected chi connectivity index (χ0v) is 5.60. The van der Waals surface area contributed by atoms with Gasteiger partial charge in [-0.15, -0.1) is 0 Å². The molecular formula is C2H6B2O3S. The Morgan fingerprint density at radius 3 is 1.50 bits per heavy atom. The van der Waals surface area contributed by atoms with Gasteiger partial charge < -0.3 is 8.20 Å². The van der Waals surface area contributed by atoms with Crippen molar-refractivity contribution in [3.05, 3.63) is 0 Å². The molecule has 0 aliphatic rings. The van der Waals surface area contributed by atoms with Crippen LogP contribution in [0.25, 0.3) is 0 Å². The van der Waals surface area contributed by atoms with E-state index in [1.165, 1.54) is 12.5 Å². The van der Waals surface area contributed by atoms with Gasteiger partial charge in [-0.05, 0) is 0 Å². The van der Waals surface area contributed by atoms with Crippen molar-refractivity contribution in [1.29, 1.82) is 0 Å². The summed E-state index contributed by atoms with van der Waals surface area (Å²) in [7, 11) is 5.59. The summed E-state index contributed by atoms with van der Waals surface area (Å²) in [6.07, 6.45) is 2.36.